The lowest BCUT2D eigenvalue weighted by Gasteiger charge is -2.33. The van der Waals surface area contributed by atoms with Gasteiger partial charge in [0, 0.05) is 26.2 Å². The second-order valence-corrected chi connectivity index (χ2v) is 8.27. The first-order chi connectivity index (χ1) is 12.1. The van der Waals surface area contributed by atoms with E-state index in [0.29, 0.717) is 32.0 Å². The van der Waals surface area contributed by atoms with E-state index in [1.807, 2.05) is 0 Å². The summed E-state index contributed by atoms with van der Waals surface area (Å²) in [7, 11) is -3.18. The standard InChI is InChI=1S/C14H17N7O3S/c22-14(12-3-4-13(18-17-12)21-10-15-9-16-21)19-5-7-20(8-6-19)25(23,24)11-1-2-11/h3-4,9-11H,1-2,5-8H2. The summed E-state index contributed by atoms with van der Waals surface area (Å²) in [5, 5.41) is 11.7. The lowest BCUT2D eigenvalue weighted by molar-refractivity contribution is 0.0690. The van der Waals surface area contributed by atoms with E-state index in [2.05, 4.69) is 20.3 Å². The van der Waals surface area contributed by atoms with Crippen LogP contribution in [0.2, 0.25) is 0 Å². The highest BCUT2D eigenvalue weighted by molar-refractivity contribution is 7.90. The minimum atomic E-state index is -3.18. The fourth-order valence-electron chi connectivity index (χ4n) is 2.77. The molecule has 2 aromatic heterocycles. The molecule has 10 nitrogen and oxygen atoms in total. The third-order valence-electron chi connectivity index (χ3n) is 4.35. The third-order valence-corrected chi connectivity index (χ3v) is 6.75. The molecule has 1 amide bonds. The summed E-state index contributed by atoms with van der Waals surface area (Å²) < 4.78 is 27.4. The first-order valence-electron chi connectivity index (χ1n) is 8.03. The van der Waals surface area contributed by atoms with Crippen molar-refractivity contribution in [2.24, 2.45) is 0 Å². The molecule has 1 saturated carbocycles. The minimum absolute atomic E-state index is 0.218. The summed E-state index contributed by atoms with van der Waals surface area (Å²) in [5.74, 6) is 0.218. The van der Waals surface area contributed by atoms with Gasteiger partial charge in [0.1, 0.15) is 12.7 Å². The summed E-state index contributed by atoms with van der Waals surface area (Å²) >= 11 is 0. The van der Waals surface area contributed by atoms with E-state index >= 15 is 0 Å². The number of amides is 1. The zero-order valence-corrected chi connectivity index (χ0v) is 14.2. The molecule has 0 spiro atoms. The topological polar surface area (TPSA) is 114 Å². The average molecular weight is 363 g/mol. The molecule has 0 aromatic carbocycles. The maximum Gasteiger partial charge on any atom is 0.274 e. The van der Waals surface area contributed by atoms with Crippen molar-refractivity contribution in [1.82, 2.24) is 34.2 Å². The Morgan fingerprint density at radius 1 is 1.08 bits per heavy atom. The van der Waals surface area contributed by atoms with Crippen molar-refractivity contribution in [3.8, 4) is 5.82 Å². The number of nitrogens with zero attached hydrogens (tertiary/aromatic N) is 7. The molecule has 1 saturated heterocycles. The molecule has 0 bridgehead atoms. The first-order valence-corrected chi connectivity index (χ1v) is 9.53. The molecule has 2 aliphatic rings. The maximum absolute atomic E-state index is 12.5. The Labute approximate surface area is 144 Å². The molecule has 4 rings (SSSR count). The molecule has 0 radical (unpaired) electrons. The molecule has 11 heteroatoms. The van der Waals surface area contributed by atoms with Crippen molar-refractivity contribution in [2.75, 3.05) is 26.2 Å². The van der Waals surface area contributed by atoms with Gasteiger partial charge < -0.3 is 4.90 Å². The van der Waals surface area contributed by atoms with Crippen LogP contribution in [0.15, 0.2) is 24.8 Å². The molecule has 0 N–H and O–H groups in total. The molecule has 132 valence electrons. The van der Waals surface area contributed by atoms with Gasteiger partial charge in [-0.25, -0.2) is 18.1 Å². The van der Waals surface area contributed by atoms with Crippen molar-refractivity contribution in [1.29, 1.82) is 0 Å². The van der Waals surface area contributed by atoms with Gasteiger partial charge in [0.15, 0.2) is 11.5 Å². The molecule has 3 heterocycles. The summed E-state index contributed by atoms with van der Waals surface area (Å²) in [5.41, 5.74) is 0.224. The molecule has 2 aromatic rings. The number of sulfonamides is 1. The van der Waals surface area contributed by atoms with Crippen LogP contribution in [0.4, 0.5) is 0 Å². The van der Waals surface area contributed by atoms with Gasteiger partial charge in [-0.3, -0.25) is 4.79 Å². The van der Waals surface area contributed by atoms with E-state index in [0.717, 1.165) is 12.8 Å². The van der Waals surface area contributed by atoms with E-state index in [4.69, 9.17) is 0 Å². The minimum Gasteiger partial charge on any atom is -0.335 e. The molecule has 2 fully saturated rings. The van der Waals surface area contributed by atoms with Gasteiger partial charge in [-0.15, -0.1) is 10.2 Å². The quantitative estimate of drug-likeness (QED) is 0.706. The summed E-state index contributed by atoms with van der Waals surface area (Å²) in [6, 6.07) is 3.22. The zero-order valence-electron chi connectivity index (χ0n) is 13.4. The Morgan fingerprint density at radius 3 is 2.40 bits per heavy atom. The highest BCUT2D eigenvalue weighted by Crippen LogP contribution is 2.31. The van der Waals surface area contributed by atoms with Crippen LogP contribution < -0.4 is 0 Å². The van der Waals surface area contributed by atoms with Crippen LogP contribution in [0.1, 0.15) is 23.3 Å². The second-order valence-electron chi connectivity index (χ2n) is 6.05. The number of hydrogen-bond donors (Lipinski definition) is 0. The maximum atomic E-state index is 12.5. The molecule has 0 atom stereocenters. The van der Waals surface area contributed by atoms with Gasteiger partial charge in [0.05, 0.1) is 5.25 Å². The Bertz CT molecular complexity index is 854. The average Bonchev–Trinajstić information content (AvgIpc) is 3.38. The lowest BCUT2D eigenvalue weighted by Crippen LogP contribution is -2.51. The second kappa shape index (κ2) is 6.15. The van der Waals surface area contributed by atoms with Gasteiger partial charge in [-0.05, 0) is 25.0 Å². The normalized spacial score (nSPS) is 19.1. The van der Waals surface area contributed by atoms with Crippen LogP contribution >= 0.6 is 0 Å². The number of piperazine rings is 1. The van der Waals surface area contributed by atoms with Gasteiger partial charge in [-0.1, -0.05) is 0 Å². The highest BCUT2D eigenvalue weighted by atomic mass is 32.2. The van der Waals surface area contributed by atoms with Crippen LogP contribution in [0.5, 0.6) is 0 Å². The van der Waals surface area contributed by atoms with Crippen molar-refractivity contribution in [2.45, 2.75) is 18.1 Å². The molecular weight excluding hydrogens is 346 g/mol. The number of carbonyl (C=O) groups is 1. The number of hydrogen-bond acceptors (Lipinski definition) is 7. The molecule has 25 heavy (non-hydrogen) atoms. The van der Waals surface area contributed by atoms with Gasteiger partial charge >= 0.3 is 0 Å². The molecular formula is C14H17N7O3S. The van der Waals surface area contributed by atoms with Crippen molar-refractivity contribution in [3.63, 3.8) is 0 Å². The van der Waals surface area contributed by atoms with Gasteiger partial charge in [0.2, 0.25) is 10.0 Å². The number of carbonyl (C=O) groups excluding carboxylic acids is 1. The predicted octanol–water partition coefficient (Wildman–Crippen LogP) is -0.693. The van der Waals surface area contributed by atoms with E-state index < -0.39 is 10.0 Å². The smallest absolute Gasteiger partial charge is 0.274 e. The fraction of sp³-hybridized carbons (Fsp3) is 0.500. The predicted molar refractivity (Wildman–Crippen MR) is 86.4 cm³/mol. The monoisotopic (exact) mass is 363 g/mol. The number of aromatic nitrogens is 5. The largest absolute Gasteiger partial charge is 0.335 e. The molecule has 1 aliphatic carbocycles. The van der Waals surface area contributed by atoms with Gasteiger partial charge in [-0.2, -0.15) is 9.40 Å². The Kier molecular flexibility index (Phi) is 3.96. The SMILES string of the molecule is O=C(c1ccc(-n2cncn2)nn1)N1CCN(S(=O)(=O)C2CC2)CC1. The lowest BCUT2D eigenvalue weighted by atomic mass is 10.3. The van der Waals surface area contributed by atoms with E-state index in [1.165, 1.54) is 21.6 Å². The Morgan fingerprint density at radius 2 is 1.84 bits per heavy atom. The van der Waals surface area contributed by atoms with Crippen molar-refractivity contribution < 1.29 is 13.2 Å². The zero-order chi connectivity index (χ0) is 17.4. The first kappa shape index (κ1) is 16.1. The van der Waals surface area contributed by atoms with Crippen LogP contribution in [0.25, 0.3) is 5.82 Å². The Hall–Kier alpha value is -2.40. The van der Waals surface area contributed by atoms with E-state index in [1.54, 1.807) is 17.0 Å². The van der Waals surface area contributed by atoms with Crippen LogP contribution in [-0.4, -0.2) is 79.9 Å². The summed E-state index contributed by atoms with van der Waals surface area (Å²) in [6.45, 7) is 1.37. The van der Waals surface area contributed by atoms with Crippen LogP contribution in [0, 0.1) is 0 Å². The van der Waals surface area contributed by atoms with Crippen LogP contribution in [0.3, 0.4) is 0 Å². The van der Waals surface area contributed by atoms with Crippen molar-refractivity contribution in [3.05, 3.63) is 30.5 Å². The van der Waals surface area contributed by atoms with Crippen LogP contribution in [-0.2, 0) is 10.0 Å². The summed E-state index contributed by atoms with van der Waals surface area (Å²) in [6.07, 6.45) is 4.37. The van der Waals surface area contributed by atoms with Gasteiger partial charge in [0.25, 0.3) is 5.91 Å². The van der Waals surface area contributed by atoms with E-state index in [9.17, 15) is 13.2 Å². The molecule has 0 unspecified atom stereocenters. The molecule has 1 aliphatic heterocycles. The van der Waals surface area contributed by atoms with E-state index in [-0.39, 0.29) is 16.9 Å². The Balaban J connectivity index is 1.40. The van der Waals surface area contributed by atoms with Crippen molar-refractivity contribution >= 4 is 15.9 Å². The fourth-order valence-corrected chi connectivity index (χ4v) is 4.60. The highest BCUT2D eigenvalue weighted by Gasteiger charge is 2.41. The third kappa shape index (κ3) is 3.12. The summed E-state index contributed by atoms with van der Waals surface area (Å²) in [4.78, 5) is 18.0. The number of rotatable bonds is 4.